The van der Waals surface area contributed by atoms with Crippen LogP contribution >= 0.6 is 0 Å². The van der Waals surface area contributed by atoms with Crippen molar-refractivity contribution in [3.05, 3.63) is 29.6 Å². The lowest BCUT2D eigenvalue weighted by atomic mass is 9.87. The van der Waals surface area contributed by atoms with E-state index in [1.54, 1.807) is 0 Å². The molecular formula is C13H16F4O2. The first-order valence-corrected chi connectivity index (χ1v) is 5.71. The molecule has 0 aromatic heterocycles. The van der Waals surface area contributed by atoms with Crippen LogP contribution in [0, 0.1) is 5.82 Å². The SMILES string of the molecule is COc1c(F)cccc1C(C)CC(C)(O)C(F)(F)F. The lowest BCUT2D eigenvalue weighted by Gasteiger charge is -2.29. The average Bonchev–Trinajstić information content (AvgIpc) is 2.26. The molecule has 0 amide bonds. The van der Waals surface area contributed by atoms with E-state index < -0.39 is 29.9 Å². The van der Waals surface area contributed by atoms with Crippen LogP contribution in [0.5, 0.6) is 5.75 Å². The summed E-state index contributed by atoms with van der Waals surface area (Å²) in [6.45, 7) is 2.19. The van der Waals surface area contributed by atoms with Crippen LogP contribution in [0.3, 0.4) is 0 Å². The number of rotatable bonds is 4. The number of methoxy groups -OCH3 is 1. The molecule has 1 N–H and O–H groups in total. The third kappa shape index (κ3) is 3.37. The predicted octanol–water partition coefficient (Wildman–Crippen LogP) is 3.64. The molecule has 0 saturated heterocycles. The lowest BCUT2D eigenvalue weighted by Crippen LogP contribution is -2.43. The fourth-order valence-electron chi connectivity index (χ4n) is 1.95. The minimum atomic E-state index is -4.73. The van der Waals surface area contributed by atoms with Crippen molar-refractivity contribution >= 4 is 0 Å². The summed E-state index contributed by atoms with van der Waals surface area (Å²) >= 11 is 0. The van der Waals surface area contributed by atoms with E-state index in [0.29, 0.717) is 12.5 Å². The lowest BCUT2D eigenvalue weighted by molar-refractivity contribution is -0.256. The molecule has 0 spiro atoms. The van der Waals surface area contributed by atoms with Gasteiger partial charge in [-0.1, -0.05) is 19.1 Å². The van der Waals surface area contributed by atoms with Crippen molar-refractivity contribution in [2.75, 3.05) is 7.11 Å². The van der Waals surface area contributed by atoms with E-state index in [1.165, 1.54) is 26.2 Å². The van der Waals surface area contributed by atoms with Gasteiger partial charge in [0.2, 0.25) is 0 Å². The van der Waals surface area contributed by atoms with Gasteiger partial charge in [0.05, 0.1) is 7.11 Å². The quantitative estimate of drug-likeness (QED) is 0.853. The molecule has 0 aliphatic carbocycles. The second-order valence-electron chi connectivity index (χ2n) is 4.74. The van der Waals surface area contributed by atoms with Crippen molar-refractivity contribution in [1.82, 2.24) is 0 Å². The van der Waals surface area contributed by atoms with Gasteiger partial charge < -0.3 is 9.84 Å². The number of hydrogen-bond donors (Lipinski definition) is 1. The van der Waals surface area contributed by atoms with Crippen LogP contribution in [0.15, 0.2) is 18.2 Å². The Balaban J connectivity index is 3.03. The second kappa shape index (κ2) is 5.36. The van der Waals surface area contributed by atoms with Crippen molar-refractivity contribution < 1.29 is 27.4 Å². The molecule has 0 fully saturated rings. The van der Waals surface area contributed by atoms with Crippen LogP contribution < -0.4 is 4.74 Å². The van der Waals surface area contributed by atoms with Gasteiger partial charge in [-0.15, -0.1) is 0 Å². The average molecular weight is 280 g/mol. The topological polar surface area (TPSA) is 29.5 Å². The Kier molecular flexibility index (Phi) is 4.45. The molecule has 0 bridgehead atoms. The van der Waals surface area contributed by atoms with Crippen molar-refractivity contribution in [2.45, 2.75) is 38.0 Å². The monoisotopic (exact) mass is 280 g/mol. The molecule has 108 valence electrons. The van der Waals surface area contributed by atoms with Crippen LogP contribution in [-0.4, -0.2) is 24.0 Å². The van der Waals surface area contributed by atoms with Crippen molar-refractivity contribution in [1.29, 1.82) is 0 Å². The molecule has 6 heteroatoms. The number of ether oxygens (including phenoxy) is 1. The van der Waals surface area contributed by atoms with Crippen molar-refractivity contribution in [3.8, 4) is 5.75 Å². The summed E-state index contributed by atoms with van der Waals surface area (Å²) in [5.41, 5.74) is -2.53. The molecule has 0 saturated carbocycles. The van der Waals surface area contributed by atoms with E-state index in [1.807, 2.05) is 0 Å². The molecule has 2 nitrogen and oxygen atoms in total. The summed E-state index contributed by atoms with van der Waals surface area (Å²) in [5.74, 6) is -1.44. The Morgan fingerprint density at radius 1 is 1.32 bits per heavy atom. The minimum Gasteiger partial charge on any atom is -0.493 e. The highest BCUT2D eigenvalue weighted by atomic mass is 19.4. The molecule has 1 aromatic rings. The van der Waals surface area contributed by atoms with Crippen molar-refractivity contribution in [2.24, 2.45) is 0 Å². The maximum atomic E-state index is 13.5. The van der Waals surface area contributed by atoms with E-state index in [-0.39, 0.29) is 5.75 Å². The Morgan fingerprint density at radius 3 is 2.37 bits per heavy atom. The largest absolute Gasteiger partial charge is 0.493 e. The zero-order valence-corrected chi connectivity index (χ0v) is 10.9. The van der Waals surface area contributed by atoms with Gasteiger partial charge in [-0.25, -0.2) is 4.39 Å². The zero-order valence-electron chi connectivity index (χ0n) is 10.9. The number of aliphatic hydroxyl groups is 1. The van der Waals surface area contributed by atoms with Gasteiger partial charge in [0, 0.05) is 5.56 Å². The normalized spacial score (nSPS) is 16.8. The first-order chi connectivity index (χ1) is 8.60. The van der Waals surface area contributed by atoms with Gasteiger partial charge in [-0.05, 0) is 25.3 Å². The third-order valence-corrected chi connectivity index (χ3v) is 3.05. The Hall–Kier alpha value is -1.30. The van der Waals surface area contributed by atoms with E-state index >= 15 is 0 Å². The molecule has 1 rings (SSSR count). The predicted molar refractivity (Wildman–Crippen MR) is 62.7 cm³/mol. The number of halogens is 4. The van der Waals surface area contributed by atoms with Gasteiger partial charge in [0.1, 0.15) is 0 Å². The van der Waals surface area contributed by atoms with E-state index in [2.05, 4.69) is 0 Å². The Morgan fingerprint density at radius 2 is 1.89 bits per heavy atom. The number of alkyl halides is 3. The molecule has 0 aliphatic heterocycles. The molecule has 0 radical (unpaired) electrons. The van der Waals surface area contributed by atoms with E-state index in [9.17, 15) is 22.7 Å². The van der Waals surface area contributed by atoms with Crippen molar-refractivity contribution in [3.63, 3.8) is 0 Å². The van der Waals surface area contributed by atoms with Crippen LogP contribution in [0.4, 0.5) is 17.6 Å². The fourth-order valence-corrected chi connectivity index (χ4v) is 1.95. The first kappa shape index (κ1) is 15.8. The molecule has 2 atom stereocenters. The Labute approximate surface area is 109 Å². The summed E-state index contributed by atoms with van der Waals surface area (Å²) in [4.78, 5) is 0. The summed E-state index contributed by atoms with van der Waals surface area (Å²) in [7, 11) is 1.25. The first-order valence-electron chi connectivity index (χ1n) is 5.71. The summed E-state index contributed by atoms with van der Waals surface area (Å²) in [6, 6.07) is 4.04. The van der Waals surface area contributed by atoms with Gasteiger partial charge in [0.25, 0.3) is 0 Å². The molecule has 0 heterocycles. The highest BCUT2D eigenvalue weighted by Gasteiger charge is 2.50. The Bertz CT molecular complexity index is 441. The highest BCUT2D eigenvalue weighted by molar-refractivity contribution is 5.37. The minimum absolute atomic E-state index is 0.0898. The second-order valence-corrected chi connectivity index (χ2v) is 4.74. The maximum absolute atomic E-state index is 13.5. The van der Waals surface area contributed by atoms with Crippen LogP contribution in [-0.2, 0) is 0 Å². The number of benzene rings is 1. The standard InChI is InChI=1S/C13H16F4O2/c1-8(7-12(2,18)13(15,16)17)9-5-4-6-10(14)11(9)19-3/h4-6,8,18H,7H2,1-3H3. The highest BCUT2D eigenvalue weighted by Crippen LogP contribution is 2.40. The van der Waals surface area contributed by atoms with Gasteiger partial charge in [-0.2, -0.15) is 13.2 Å². The van der Waals surface area contributed by atoms with Crippen LogP contribution in [0.25, 0.3) is 0 Å². The van der Waals surface area contributed by atoms with E-state index in [4.69, 9.17) is 4.74 Å². The van der Waals surface area contributed by atoms with Gasteiger partial charge in [-0.3, -0.25) is 0 Å². The molecular weight excluding hydrogens is 264 g/mol. The molecule has 1 aromatic carbocycles. The maximum Gasteiger partial charge on any atom is 0.416 e. The van der Waals surface area contributed by atoms with Gasteiger partial charge in [0.15, 0.2) is 17.2 Å². The smallest absolute Gasteiger partial charge is 0.416 e. The number of para-hydroxylation sites is 1. The summed E-state index contributed by atoms with van der Waals surface area (Å²) in [5, 5.41) is 9.46. The third-order valence-electron chi connectivity index (χ3n) is 3.05. The summed E-state index contributed by atoms with van der Waals surface area (Å²) in [6.07, 6.45) is -5.31. The van der Waals surface area contributed by atoms with E-state index in [0.717, 1.165) is 6.07 Å². The summed E-state index contributed by atoms with van der Waals surface area (Å²) < 4.78 is 56.2. The molecule has 2 unspecified atom stereocenters. The van der Waals surface area contributed by atoms with Gasteiger partial charge >= 0.3 is 6.18 Å². The molecule has 19 heavy (non-hydrogen) atoms. The molecule has 0 aliphatic rings. The number of hydrogen-bond acceptors (Lipinski definition) is 2. The van der Waals surface area contributed by atoms with Crippen LogP contribution in [0.2, 0.25) is 0 Å². The fraction of sp³-hybridized carbons (Fsp3) is 0.538. The zero-order chi connectivity index (χ0) is 14.8. The van der Waals surface area contributed by atoms with Crippen LogP contribution in [0.1, 0.15) is 31.7 Å².